The number of aromatic amines is 1. The van der Waals surface area contributed by atoms with Crippen molar-refractivity contribution < 1.29 is 4.74 Å². The first kappa shape index (κ1) is 9.46. The summed E-state index contributed by atoms with van der Waals surface area (Å²) in [4.78, 5) is 11.1. The molecule has 0 aliphatic heterocycles. The number of rotatable bonds is 3. The van der Waals surface area contributed by atoms with Crippen LogP contribution in [0, 0.1) is 11.3 Å². The molecule has 1 N–H and O–H groups in total. The van der Waals surface area contributed by atoms with E-state index in [-0.39, 0.29) is 6.10 Å². The summed E-state index contributed by atoms with van der Waals surface area (Å²) in [6.45, 7) is 1.84. The monoisotopic (exact) mass is 202 g/mol. The van der Waals surface area contributed by atoms with E-state index in [1.807, 2.05) is 13.0 Å². The number of hydrogen-bond donors (Lipinski definition) is 1. The number of nitrogens with zero attached hydrogens (tertiary/aromatic N) is 3. The molecule has 0 aliphatic rings. The Morgan fingerprint density at radius 1 is 1.60 bits per heavy atom. The van der Waals surface area contributed by atoms with Gasteiger partial charge in [0, 0.05) is 6.20 Å². The van der Waals surface area contributed by atoms with Crippen LogP contribution < -0.4 is 4.74 Å². The van der Waals surface area contributed by atoms with Crippen LogP contribution in [0.25, 0.3) is 11.0 Å². The van der Waals surface area contributed by atoms with Crippen molar-refractivity contribution in [2.24, 2.45) is 0 Å². The topological polar surface area (TPSA) is 74.6 Å². The molecule has 0 amide bonds. The molecule has 0 saturated carbocycles. The third kappa shape index (κ3) is 1.89. The number of aromatic nitrogens is 3. The average Bonchev–Trinajstić information content (AvgIpc) is 2.67. The maximum absolute atomic E-state index is 8.52. The Morgan fingerprint density at radius 2 is 2.47 bits per heavy atom. The Morgan fingerprint density at radius 3 is 3.27 bits per heavy atom. The molecule has 0 bridgehead atoms. The largest absolute Gasteiger partial charge is 0.473 e. The Bertz CT molecular complexity index is 499. The molecule has 2 rings (SSSR count). The van der Waals surface area contributed by atoms with E-state index >= 15 is 0 Å². The van der Waals surface area contributed by atoms with Gasteiger partial charge in [0.15, 0.2) is 0 Å². The fourth-order valence-corrected chi connectivity index (χ4v) is 1.30. The molecule has 2 heterocycles. The third-order valence-electron chi connectivity index (χ3n) is 2.01. The van der Waals surface area contributed by atoms with E-state index in [2.05, 4.69) is 21.0 Å². The quantitative estimate of drug-likeness (QED) is 0.820. The van der Waals surface area contributed by atoms with Crippen LogP contribution in [0.15, 0.2) is 18.6 Å². The zero-order valence-electron chi connectivity index (χ0n) is 8.27. The third-order valence-corrected chi connectivity index (χ3v) is 2.01. The van der Waals surface area contributed by atoms with Gasteiger partial charge < -0.3 is 9.72 Å². The maximum atomic E-state index is 8.52. The van der Waals surface area contributed by atoms with Crippen LogP contribution in [-0.4, -0.2) is 21.1 Å². The highest BCUT2D eigenvalue weighted by Crippen LogP contribution is 2.21. The molecule has 0 radical (unpaired) electrons. The minimum atomic E-state index is -0.164. The number of nitriles is 1. The molecular formula is C10H10N4O. The predicted molar refractivity (Wildman–Crippen MR) is 54.2 cm³/mol. The van der Waals surface area contributed by atoms with E-state index in [0.29, 0.717) is 12.3 Å². The van der Waals surface area contributed by atoms with Gasteiger partial charge in [-0.25, -0.2) is 9.97 Å². The summed E-state index contributed by atoms with van der Waals surface area (Å²) in [5.41, 5.74) is 0.740. The zero-order chi connectivity index (χ0) is 10.7. The SMILES string of the molecule is CC(CC#N)Oc1ncnc2[nH]ccc12. The van der Waals surface area contributed by atoms with Crippen molar-refractivity contribution in [2.75, 3.05) is 0 Å². The Kier molecular flexibility index (Phi) is 2.50. The molecule has 1 unspecified atom stereocenters. The van der Waals surface area contributed by atoms with Gasteiger partial charge in [0.05, 0.1) is 17.9 Å². The number of nitrogens with one attached hydrogen (secondary N) is 1. The van der Waals surface area contributed by atoms with E-state index in [9.17, 15) is 0 Å². The molecule has 0 saturated heterocycles. The van der Waals surface area contributed by atoms with Crippen molar-refractivity contribution in [1.29, 1.82) is 5.26 Å². The highest BCUT2D eigenvalue weighted by Gasteiger charge is 2.09. The molecule has 0 spiro atoms. The van der Waals surface area contributed by atoms with E-state index in [0.717, 1.165) is 11.0 Å². The summed E-state index contributed by atoms with van der Waals surface area (Å²) in [5.74, 6) is 0.518. The van der Waals surface area contributed by atoms with Gasteiger partial charge in [-0.05, 0) is 13.0 Å². The van der Waals surface area contributed by atoms with Crippen LogP contribution in [0.1, 0.15) is 13.3 Å². The molecule has 5 nitrogen and oxygen atoms in total. The lowest BCUT2D eigenvalue weighted by atomic mass is 10.3. The van der Waals surface area contributed by atoms with E-state index in [1.165, 1.54) is 6.33 Å². The molecule has 0 aromatic carbocycles. The second-order valence-corrected chi connectivity index (χ2v) is 3.21. The van der Waals surface area contributed by atoms with Gasteiger partial charge in [0.2, 0.25) is 5.88 Å². The van der Waals surface area contributed by atoms with Gasteiger partial charge in [-0.1, -0.05) is 0 Å². The zero-order valence-corrected chi connectivity index (χ0v) is 8.27. The number of ether oxygens (including phenoxy) is 1. The van der Waals surface area contributed by atoms with Crippen molar-refractivity contribution >= 4 is 11.0 Å². The summed E-state index contributed by atoms with van der Waals surface area (Å²) in [6, 6.07) is 3.90. The second-order valence-electron chi connectivity index (χ2n) is 3.21. The van der Waals surface area contributed by atoms with Gasteiger partial charge in [0.1, 0.15) is 18.1 Å². The van der Waals surface area contributed by atoms with Crippen LogP contribution in [0.4, 0.5) is 0 Å². The van der Waals surface area contributed by atoms with Crippen molar-refractivity contribution in [1.82, 2.24) is 15.0 Å². The average molecular weight is 202 g/mol. The fourth-order valence-electron chi connectivity index (χ4n) is 1.30. The Balaban J connectivity index is 2.28. The molecule has 2 aromatic heterocycles. The van der Waals surface area contributed by atoms with Crippen LogP contribution in [-0.2, 0) is 0 Å². The van der Waals surface area contributed by atoms with Crippen molar-refractivity contribution in [2.45, 2.75) is 19.4 Å². The first-order valence-electron chi connectivity index (χ1n) is 4.63. The smallest absolute Gasteiger partial charge is 0.226 e. The van der Waals surface area contributed by atoms with Crippen molar-refractivity contribution in [3.8, 4) is 11.9 Å². The number of hydrogen-bond acceptors (Lipinski definition) is 4. The van der Waals surface area contributed by atoms with Crippen molar-refractivity contribution in [3.05, 3.63) is 18.6 Å². The fraction of sp³-hybridized carbons (Fsp3) is 0.300. The summed E-state index contributed by atoms with van der Waals surface area (Å²) in [7, 11) is 0. The minimum Gasteiger partial charge on any atom is -0.473 e. The highest BCUT2D eigenvalue weighted by atomic mass is 16.5. The molecule has 0 fully saturated rings. The normalized spacial score (nSPS) is 12.3. The first-order valence-corrected chi connectivity index (χ1v) is 4.63. The van der Waals surface area contributed by atoms with E-state index < -0.39 is 0 Å². The Hall–Kier alpha value is -2.09. The first-order chi connectivity index (χ1) is 7.31. The summed E-state index contributed by atoms with van der Waals surface area (Å²) < 4.78 is 5.53. The van der Waals surface area contributed by atoms with Gasteiger partial charge in [-0.3, -0.25) is 0 Å². The van der Waals surface area contributed by atoms with Gasteiger partial charge in [-0.15, -0.1) is 0 Å². The van der Waals surface area contributed by atoms with Crippen molar-refractivity contribution in [3.63, 3.8) is 0 Å². The van der Waals surface area contributed by atoms with Crippen LogP contribution in [0.5, 0.6) is 5.88 Å². The Labute approximate surface area is 86.7 Å². The standard InChI is InChI=1S/C10H10N4O/c1-7(2-4-11)15-10-8-3-5-12-9(8)13-6-14-10/h3,5-7H,2H2,1H3,(H,12,13,14). The lowest BCUT2D eigenvalue weighted by Gasteiger charge is -2.10. The van der Waals surface area contributed by atoms with Gasteiger partial charge in [-0.2, -0.15) is 5.26 Å². The van der Waals surface area contributed by atoms with Crippen LogP contribution in [0.2, 0.25) is 0 Å². The highest BCUT2D eigenvalue weighted by molar-refractivity contribution is 5.80. The maximum Gasteiger partial charge on any atom is 0.226 e. The van der Waals surface area contributed by atoms with Gasteiger partial charge >= 0.3 is 0 Å². The lowest BCUT2D eigenvalue weighted by Crippen LogP contribution is -2.11. The summed E-state index contributed by atoms with van der Waals surface area (Å²) >= 11 is 0. The molecule has 15 heavy (non-hydrogen) atoms. The minimum absolute atomic E-state index is 0.164. The second kappa shape index (κ2) is 3.96. The molecule has 5 heteroatoms. The number of fused-ring (bicyclic) bond motifs is 1. The lowest BCUT2D eigenvalue weighted by molar-refractivity contribution is 0.221. The predicted octanol–water partition coefficient (Wildman–Crippen LogP) is 1.64. The molecule has 0 aliphatic carbocycles. The van der Waals surface area contributed by atoms with Gasteiger partial charge in [0.25, 0.3) is 0 Å². The summed E-state index contributed by atoms with van der Waals surface area (Å²) in [5, 5.41) is 9.35. The molecule has 2 aromatic rings. The van der Waals surface area contributed by atoms with E-state index in [4.69, 9.17) is 10.00 Å². The molecule has 76 valence electrons. The van der Waals surface area contributed by atoms with Crippen LogP contribution in [0.3, 0.4) is 0 Å². The van der Waals surface area contributed by atoms with E-state index in [1.54, 1.807) is 6.20 Å². The molecular weight excluding hydrogens is 192 g/mol. The molecule has 1 atom stereocenters. The summed E-state index contributed by atoms with van der Waals surface area (Å²) in [6.07, 6.45) is 3.40. The number of H-pyrrole nitrogens is 1. The van der Waals surface area contributed by atoms with Crippen LogP contribution >= 0.6 is 0 Å².